The summed E-state index contributed by atoms with van der Waals surface area (Å²) in [5.41, 5.74) is 4.32. The van der Waals surface area contributed by atoms with E-state index < -0.39 is 5.92 Å². The lowest BCUT2D eigenvalue weighted by atomic mass is 9.89. The number of halogens is 2. The van der Waals surface area contributed by atoms with Gasteiger partial charge in [0, 0.05) is 50.4 Å². The molecule has 0 radical (unpaired) electrons. The fourth-order valence-corrected chi connectivity index (χ4v) is 4.91. The molecule has 0 unspecified atom stereocenters. The number of benzene rings is 1. The molecule has 2 atom stereocenters. The molecule has 35 heavy (non-hydrogen) atoms. The molecule has 184 valence electrons. The van der Waals surface area contributed by atoms with Gasteiger partial charge < -0.3 is 25.6 Å². The standard InChI is InChI=1S/C24H27F2N7O2/c1-27-18-11-20-29-15-8-14(9-16(10-15)32-6-4-24(25,26)5-7-32)12-35-19-3-2-17(19)30-23(34)33-13-28-21(18)22(33)31-20/h8-11,13,17,19H,2-7,12H2,1H3,(H,30,34)(H2,27,29,31)/t17-,19-/m1/s1. The number of piperidine rings is 1. The van der Waals surface area contributed by atoms with E-state index in [0.717, 1.165) is 35.5 Å². The van der Waals surface area contributed by atoms with Crippen molar-refractivity contribution in [3.63, 3.8) is 0 Å². The summed E-state index contributed by atoms with van der Waals surface area (Å²) in [7, 11) is 1.79. The number of anilines is 4. The molecule has 3 aromatic rings. The predicted molar refractivity (Wildman–Crippen MR) is 129 cm³/mol. The second-order valence-corrected chi connectivity index (χ2v) is 9.43. The van der Waals surface area contributed by atoms with Crippen LogP contribution in [0.3, 0.4) is 0 Å². The van der Waals surface area contributed by atoms with Crippen LogP contribution in [0.4, 0.5) is 36.5 Å². The van der Waals surface area contributed by atoms with Crippen LogP contribution in [0.5, 0.6) is 0 Å². The first kappa shape index (κ1) is 22.0. The highest BCUT2D eigenvalue weighted by Crippen LogP contribution is 2.34. The Morgan fingerprint density at radius 3 is 2.74 bits per heavy atom. The van der Waals surface area contributed by atoms with Crippen molar-refractivity contribution >= 4 is 40.1 Å². The van der Waals surface area contributed by atoms with Gasteiger partial charge in [-0.05, 0) is 36.6 Å². The summed E-state index contributed by atoms with van der Waals surface area (Å²) in [6, 6.07) is 7.37. The molecule has 2 aliphatic heterocycles. The van der Waals surface area contributed by atoms with Crippen LogP contribution < -0.4 is 20.9 Å². The van der Waals surface area contributed by atoms with Crippen LogP contribution in [0.1, 0.15) is 31.2 Å². The van der Waals surface area contributed by atoms with Gasteiger partial charge in [0.05, 0.1) is 24.4 Å². The van der Waals surface area contributed by atoms with Crippen LogP contribution in [-0.2, 0) is 11.3 Å². The molecule has 3 aliphatic rings. The number of nitrogens with one attached hydrogen (secondary N) is 3. The molecule has 4 bridgehead atoms. The summed E-state index contributed by atoms with van der Waals surface area (Å²) in [4.78, 5) is 24.1. The molecule has 1 saturated heterocycles. The fraction of sp³-hybridized carbons (Fsp3) is 0.458. The van der Waals surface area contributed by atoms with Crippen molar-refractivity contribution in [3.8, 4) is 0 Å². The average molecular weight is 484 g/mol. The summed E-state index contributed by atoms with van der Waals surface area (Å²) >= 11 is 0. The maximum atomic E-state index is 13.8. The number of hydrogen-bond acceptors (Lipinski definition) is 7. The Bertz CT molecular complexity index is 1280. The molecule has 1 saturated carbocycles. The SMILES string of the molecule is CNc1cc2nc3c1ncn3C(=O)N[C@@H]1CC[C@H]1OCc1cc(cc(N3CCC(F)(F)CC3)c1)N2. The van der Waals surface area contributed by atoms with Crippen LogP contribution in [0.25, 0.3) is 11.2 Å². The first-order valence-electron chi connectivity index (χ1n) is 11.9. The quantitative estimate of drug-likeness (QED) is 0.506. The largest absolute Gasteiger partial charge is 0.386 e. The maximum Gasteiger partial charge on any atom is 0.328 e. The molecule has 4 heterocycles. The molecule has 9 nitrogen and oxygen atoms in total. The lowest BCUT2D eigenvalue weighted by Crippen LogP contribution is -2.52. The summed E-state index contributed by atoms with van der Waals surface area (Å²) < 4.78 is 35.1. The first-order chi connectivity index (χ1) is 16.9. The number of hydrogen-bond donors (Lipinski definition) is 3. The van der Waals surface area contributed by atoms with Crippen molar-refractivity contribution in [2.24, 2.45) is 0 Å². The first-order valence-corrected chi connectivity index (χ1v) is 11.9. The number of carbonyl (C=O) groups excluding carboxylic acids is 1. The number of aromatic nitrogens is 3. The Balaban J connectivity index is 1.42. The third kappa shape index (κ3) is 4.13. The molecule has 1 amide bonds. The Labute approximate surface area is 200 Å². The van der Waals surface area contributed by atoms with E-state index in [0.29, 0.717) is 36.7 Å². The molecular weight excluding hydrogens is 456 g/mol. The van der Waals surface area contributed by atoms with Crippen LogP contribution in [-0.4, -0.2) is 58.8 Å². The van der Waals surface area contributed by atoms with Crippen LogP contribution in [0, 0.1) is 0 Å². The van der Waals surface area contributed by atoms with Gasteiger partial charge in [0.2, 0.25) is 0 Å². The lowest BCUT2D eigenvalue weighted by molar-refractivity contribution is -0.0323. The minimum Gasteiger partial charge on any atom is -0.386 e. The van der Waals surface area contributed by atoms with Gasteiger partial charge in [0.1, 0.15) is 17.7 Å². The highest BCUT2D eigenvalue weighted by atomic mass is 19.3. The average Bonchev–Trinajstić information content (AvgIpc) is 3.25. The van der Waals surface area contributed by atoms with Crippen molar-refractivity contribution in [1.82, 2.24) is 19.9 Å². The maximum absolute atomic E-state index is 13.8. The third-order valence-corrected chi connectivity index (χ3v) is 7.09. The van der Waals surface area contributed by atoms with Crippen molar-refractivity contribution < 1.29 is 18.3 Å². The summed E-state index contributed by atoms with van der Waals surface area (Å²) in [5, 5.41) is 9.50. The molecule has 2 fully saturated rings. The summed E-state index contributed by atoms with van der Waals surface area (Å²) in [5.74, 6) is -2.08. The molecule has 11 heteroatoms. The Morgan fingerprint density at radius 2 is 2.00 bits per heavy atom. The van der Waals surface area contributed by atoms with Gasteiger partial charge in [0.25, 0.3) is 5.92 Å². The van der Waals surface area contributed by atoms with Crippen LogP contribution >= 0.6 is 0 Å². The van der Waals surface area contributed by atoms with E-state index >= 15 is 0 Å². The van der Waals surface area contributed by atoms with Gasteiger partial charge in [-0.15, -0.1) is 0 Å². The topological polar surface area (TPSA) is 96.3 Å². The summed E-state index contributed by atoms with van der Waals surface area (Å²) in [6.07, 6.45) is 2.75. The monoisotopic (exact) mass is 483 g/mol. The number of nitrogens with zero attached hydrogens (tertiary/aromatic N) is 4. The smallest absolute Gasteiger partial charge is 0.328 e. The van der Waals surface area contributed by atoms with E-state index in [9.17, 15) is 13.6 Å². The minimum atomic E-state index is -2.61. The number of ether oxygens (including phenoxy) is 1. The highest BCUT2D eigenvalue weighted by molar-refractivity contribution is 5.94. The van der Waals surface area contributed by atoms with E-state index in [1.165, 1.54) is 10.9 Å². The second kappa shape index (κ2) is 8.33. The minimum absolute atomic E-state index is 0.0955. The van der Waals surface area contributed by atoms with E-state index in [2.05, 4.69) is 25.9 Å². The molecule has 1 aromatic carbocycles. The van der Waals surface area contributed by atoms with E-state index in [1.807, 2.05) is 29.2 Å². The van der Waals surface area contributed by atoms with E-state index in [-0.39, 0.29) is 31.0 Å². The van der Waals surface area contributed by atoms with Gasteiger partial charge in [0.15, 0.2) is 5.65 Å². The Morgan fingerprint density at radius 1 is 1.17 bits per heavy atom. The number of alkyl halides is 2. The van der Waals surface area contributed by atoms with Crippen LogP contribution in [0.2, 0.25) is 0 Å². The number of carbonyl (C=O) groups is 1. The zero-order chi connectivity index (χ0) is 24.2. The molecule has 3 N–H and O–H groups in total. The molecule has 2 aromatic heterocycles. The highest BCUT2D eigenvalue weighted by Gasteiger charge is 2.35. The lowest BCUT2D eigenvalue weighted by Gasteiger charge is -2.37. The molecular formula is C24H27F2N7O2. The zero-order valence-electron chi connectivity index (χ0n) is 19.4. The van der Waals surface area contributed by atoms with Crippen molar-refractivity contribution in [2.75, 3.05) is 35.7 Å². The van der Waals surface area contributed by atoms with Crippen molar-refractivity contribution in [2.45, 2.75) is 50.4 Å². The van der Waals surface area contributed by atoms with Gasteiger partial charge in [-0.1, -0.05) is 0 Å². The van der Waals surface area contributed by atoms with E-state index in [4.69, 9.17) is 4.74 Å². The molecule has 6 rings (SSSR count). The number of pyridine rings is 1. The van der Waals surface area contributed by atoms with Gasteiger partial charge in [-0.3, -0.25) is 0 Å². The Kier molecular flexibility index (Phi) is 5.24. The third-order valence-electron chi connectivity index (χ3n) is 7.09. The van der Waals surface area contributed by atoms with Gasteiger partial charge in [-0.2, -0.15) is 0 Å². The van der Waals surface area contributed by atoms with E-state index in [1.54, 1.807) is 7.05 Å². The van der Waals surface area contributed by atoms with Gasteiger partial charge in [-0.25, -0.2) is 28.1 Å². The molecule has 0 spiro atoms. The summed E-state index contributed by atoms with van der Waals surface area (Å²) in [6.45, 7) is 0.940. The normalized spacial score (nSPS) is 23.6. The number of rotatable bonds is 2. The number of amides is 1. The number of fused-ring (bicyclic) bond motifs is 4. The zero-order valence-corrected chi connectivity index (χ0v) is 19.4. The second-order valence-electron chi connectivity index (χ2n) is 9.43. The fourth-order valence-electron chi connectivity index (χ4n) is 4.91. The van der Waals surface area contributed by atoms with Crippen molar-refractivity contribution in [3.05, 3.63) is 36.2 Å². The molecule has 1 aliphatic carbocycles. The van der Waals surface area contributed by atoms with Gasteiger partial charge >= 0.3 is 6.03 Å². The van der Waals surface area contributed by atoms with Crippen LogP contribution in [0.15, 0.2) is 30.6 Å². The Hall–Kier alpha value is -3.47. The predicted octanol–water partition coefficient (Wildman–Crippen LogP) is 4.07. The van der Waals surface area contributed by atoms with Crippen molar-refractivity contribution in [1.29, 1.82) is 0 Å². The number of imidazole rings is 1.